The normalized spacial score (nSPS) is 18.3. The molecule has 2 atom stereocenters. The summed E-state index contributed by atoms with van der Waals surface area (Å²) in [6.07, 6.45) is 2.25. The summed E-state index contributed by atoms with van der Waals surface area (Å²) in [6, 6.07) is 15.2. The van der Waals surface area contributed by atoms with Gasteiger partial charge in [0.2, 0.25) is 0 Å². The summed E-state index contributed by atoms with van der Waals surface area (Å²) in [4.78, 5) is 33.5. The molecule has 1 amide bonds. The molecule has 8 nitrogen and oxygen atoms in total. The van der Waals surface area contributed by atoms with Gasteiger partial charge in [0, 0.05) is 31.1 Å². The lowest BCUT2D eigenvalue weighted by Crippen LogP contribution is -2.46. The molecule has 1 aliphatic heterocycles. The zero-order chi connectivity index (χ0) is 27.3. The Morgan fingerprint density at radius 1 is 1.16 bits per heavy atom. The largest absolute Gasteiger partial charge is 0.497 e. The van der Waals surface area contributed by atoms with Crippen LogP contribution in [0.25, 0.3) is 10.9 Å². The minimum Gasteiger partial charge on any atom is -0.497 e. The van der Waals surface area contributed by atoms with Gasteiger partial charge in [-0.15, -0.1) is 0 Å². The standard InChI is InChI=1S/C30H40N4O4/c1-30(2,3)20-34-27(32-25-18-22(37-5)13-14-23(25)28(34)35)24-12-9-17-33(4)26(24)15-16-31-29(36)38-19-21-10-7-6-8-11-21/h6-8,10-11,13-14,18,24,26H,9,12,15-17,19-20H2,1-5H3,(H,31,36). The monoisotopic (exact) mass is 520 g/mol. The second-order valence-corrected chi connectivity index (χ2v) is 11.4. The molecule has 0 radical (unpaired) electrons. The molecule has 4 rings (SSSR count). The molecule has 2 aromatic carbocycles. The number of alkyl carbamates (subject to hydrolysis) is 1. The molecule has 0 spiro atoms. The van der Waals surface area contributed by atoms with E-state index in [-0.39, 0.29) is 29.5 Å². The first-order chi connectivity index (χ1) is 18.2. The number of piperidine rings is 1. The minimum atomic E-state index is -0.426. The van der Waals surface area contributed by atoms with Gasteiger partial charge in [-0.05, 0) is 56.0 Å². The van der Waals surface area contributed by atoms with Crippen LogP contribution in [0.15, 0.2) is 53.3 Å². The molecular weight excluding hydrogens is 480 g/mol. The summed E-state index contributed by atoms with van der Waals surface area (Å²) in [6.45, 7) is 8.66. The average molecular weight is 521 g/mol. The van der Waals surface area contributed by atoms with E-state index in [1.54, 1.807) is 7.11 Å². The molecule has 204 valence electrons. The Labute approximate surface area is 225 Å². The Hall–Kier alpha value is -3.39. The van der Waals surface area contributed by atoms with Crippen LogP contribution in [0, 0.1) is 5.41 Å². The molecule has 8 heteroatoms. The summed E-state index contributed by atoms with van der Waals surface area (Å²) in [5, 5.41) is 3.51. The van der Waals surface area contributed by atoms with Crippen LogP contribution in [0.1, 0.15) is 57.3 Å². The van der Waals surface area contributed by atoms with E-state index in [1.807, 2.05) is 53.1 Å². The van der Waals surface area contributed by atoms with Crippen LogP contribution in [0.4, 0.5) is 4.79 Å². The molecule has 0 aliphatic carbocycles. The molecule has 2 unspecified atom stereocenters. The lowest BCUT2D eigenvalue weighted by atomic mass is 9.85. The molecule has 2 heterocycles. The molecule has 1 saturated heterocycles. The lowest BCUT2D eigenvalue weighted by Gasteiger charge is -2.40. The number of ether oxygens (including phenoxy) is 2. The highest BCUT2D eigenvalue weighted by Crippen LogP contribution is 2.34. The Bertz CT molecular complexity index is 1300. The Morgan fingerprint density at radius 3 is 2.63 bits per heavy atom. The highest BCUT2D eigenvalue weighted by Gasteiger charge is 2.34. The fourth-order valence-electron chi connectivity index (χ4n) is 5.30. The SMILES string of the molecule is COc1ccc2c(=O)n(CC(C)(C)C)c(C3CCCN(C)C3CCNC(=O)OCc3ccccc3)nc2c1. The third-order valence-corrected chi connectivity index (χ3v) is 7.13. The molecule has 0 saturated carbocycles. The van der Waals surface area contributed by atoms with Gasteiger partial charge in [0.05, 0.1) is 18.0 Å². The topological polar surface area (TPSA) is 85.7 Å². The predicted octanol–water partition coefficient (Wildman–Crippen LogP) is 4.95. The third-order valence-electron chi connectivity index (χ3n) is 7.13. The zero-order valence-corrected chi connectivity index (χ0v) is 23.2. The van der Waals surface area contributed by atoms with Gasteiger partial charge in [0.15, 0.2) is 0 Å². The van der Waals surface area contributed by atoms with E-state index in [0.29, 0.717) is 29.7 Å². The third kappa shape index (κ3) is 6.72. The van der Waals surface area contributed by atoms with Crippen molar-refractivity contribution in [1.82, 2.24) is 19.8 Å². The van der Waals surface area contributed by atoms with Crippen LogP contribution < -0.4 is 15.6 Å². The van der Waals surface area contributed by atoms with Crippen LogP contribution in [0.5, 0.6) is 5.75 Å². The van der Waals surface area contributed by atoms with Crippen molar-refractivity contribution in [2.75, 3.05) is 27.2 Å². The van der Waals surface area contributed by atoms with E-state index in [2.05, 4.69) is 38.0 Å². The second-order valence-electron chi connectivity index (χ2n) is 11.4. The van der Waals surface area contributed by atoms with E-state index in [4.69, 9.17) is 14.5 Å². The number of likely N-dealkylation sites (N-methyl/N-ethyl adjacent to an activating group) is 1. The number of benzene rings is 2. The van der Waals surface area contributed by atoms with E-state index in [0.717, 1.165) is 37.2 Å². The number of likely N-dealkylation sites (tertiary alicyclic amines) is 1. The van der Waals surface area contributed by atoms with Crippen molar-refractivity contribution in [2.45, 2.75) is 65.1 Å². The zero-order valence-electron chi connectivity index (χ0n) is 23.2. The number of hydrogen-bond donors (Lipinski definition) is 1. The molecular formula is C30H40N4O4. The molecule has 38 heavy (non-hydrogen) atoms. The minimum absolute atomic E-state index is 0.0165. The van der Waals surface area contributed by atoms with Crippen molar-refractivity contribution >= 4 is 17.0 Å². The molecule has 0 bridgehead atoms. The van der Waals surface area contributed by atoms with Gasteiger partial charge < -0.3 is 19.7 Å². The van der Waals surface area contributed by atoms with Crippen LogP contribution in [-0.2, 0) is 17.9 Å². The van der Waals surface area contributed by atoms with Gasteiger partial charge in [-0.25, -0.2) is 9.78 Å². The summed E-state index contributed by atoms with van der Waals surface area (Å²) in [7, 11) is 3.73. The first-order valence-electron chi connectivity index (χ1n) is 13.4. The van der Waals surface area contributed by atoms with Crippen molar-refractivity contribution in [3.05, 3.63) is 70.3 Å². The van der Waals surface area contributed by atoms with Crippen molar-refractivity contribution < 1.29 is 14.3 Å². The van der Waals surface area contributed by atoms with Crippen LogP contribution in [0.3, 0.4) is 0 Å². The van der Waals surface area contributed by atoms with Crippen LogP contribution in [-0.4, -0.2) is 53.8 Å². The van der Waals surface area contributed by atoms with Crippen molar-refractivity contribution in [2.24, 2.45) is 5.41 Å². The maximum Gasteiger partial charge on any atom is 0.407 e. The van der Waals surface area contributed by atoms with Crippen molar-refractivity contribution in [3.63, 3.8) is 0 Å². The predicted molar refractivity (Wildman–Crippen MR) is 150 cm³/mol. The van der Waals surface area contributed by atoms with Gasteiger partial charge >= 0.3 is 6.09 Å². The summed E-state index contributed by atoms with van der Waals surface area (Å²) in [5.74, 6) is 1.55. The number of methoxy groups -OCH3 is 1. The van der Waals surface area contributed by atoms with E-state index >= 15 is 0 Å². The second kappa shape index (κ2) is 12.0. The molecule has 1 aliphatic rings. The quantitative estimate of drug-likeness (QED) is 0.453. The maximum absolute atomic E-state index is 13.7. The average Bonchev–Trinajstić information content (AvgIpc) is 2.89. The van der Waals surface area contributed by atoms with E-state index in [1.165, 1.54) is 0 Å². The van der Waals surface area contributed by atoms with Crippen LogP contribution >= 0.6 is 0 Å². The number of rotatable bonds is 8. The number of carbonyl (C=O) groups excluding carboxylic acids is 1. The fourth-order valence-corrected chi connectivity index (χ4v) is 5.30. The first-order valence-corrected chi connectivity index (χ1v) is 13.4. The summed E-state index contributed by atoms with van der Waals surface area (Å²) >= 11 is 0. The number of fused-ring (bicyclic) bond motifs is 1. The molecule has 1 aromatic heterocycles. The first kappa shape index (κ1) is 27.6. The Morgan fingerprint density at radius 2 is 1.92 bits per heavy atom. The highest BCUT2D eigenvalue weighted by atomic mass is 16.5. The van der Waals surface area contributed by atoms with Gasteiger partial charge in [-0.2, -0.15) is 0 Å². The molecule has 3 aromatic rings. The van der Waals surface area contributed by atoms with E-state index < -0.39 is 6.09 Å². The highest BCUT2D eigenvalue weighted by molar-refractivity contribution is 5.79. The smallest absolute Gasteiger partial charge is 0.407 e. The molecule has 1 N–H and O–H groups in total. The maximum atomic E-state index is 13.7. The van der Waals surface area contributed by atoms with Gasteiger partial charge in [0.25, 0.3) is 5.56 Å². The number of hydrogen-bond acceptors (Lipinski definition) is 6. The van der Waals surface area contributed by atoms with Gasteiger partial charge in [-0.3, -0.25) is 9.36 Å². The van der Waals surface area contributed by atoms with E-state index in [9.17, 15) is 9.59 Å². The fraction of sp³-hybridized carbons (Fsp3) is 0.500. The number of amides is 1. The number of nitrogens with one attached hydrogen (secondary N) is 1. The number of carbonyl (C=O) groups is 1. The molecule has 1 fully saturated rings. The number of aromatic nitrogens is 2. The number of nitrogens with zero attached hydrogens (tertiary/aromatic N) is 3. The van der Waals surface area contributed by atoms with Gasteiger partial charge in [-0.1, -0.05) is 51.1 Å². The van der Waals surface area contributed by atoms with Gasteiger partial charge in [0.1, 0.15) is 18.2 Å². The Balaban J connectivity index is 1.57. The summed E-state index contributed by atoms with van der Waals surface area (Å²) in [5.41, 5.74) is 1.49. The lowest BCUT2D eigenvalue weighted by molar-refractivity contribution is 0.128. The summed E-state index contributed by atoms with van der Waals surface area (Å²) < 4.78 is 12.7. The van der Waals surface area contributed by atoms with Crippen molar-refractivity contribution in [3.8, 4) is 5.75 Å². The van der Waals surface area contributed by atoms with Crippen LogP contribution in [0.2, 0.25) is 0 Å². The van der Waals surface area contributed by atoms with Crippen molar-refractivity contribution in [1.29, 1.82) is 0 Å². The Kier molecular flexibility index (Phi) is 8.72.